The Balaban J connectivity index is 0.000000311. The number of phenols is 3. The molecular weight excluding hydrogens is 374 g/mol. The summed E-state index contributed by atoms with van der Waals surface area (Å²) in [5.41, 5.74) is 5.29. The molecule has 0 aromatic heterocycles. The molecule has 2 aromatic rings. The van der Waals surface area contributed by atoms with Gasteiger partial charge in [-0.25, -0.2) is 0 Å². The largest absolute Gasteiger partial charge is 0.504 e. The topological polar surface area (TPSA) is 72.7 Å². The zero-order valence-corrected chi connectivity index (χ0v) is 18.6. The van der Waals surface area contributed by atoms with E-state index in [1.54, 1.807) is 6.08 Å². The fourth-order valence-corrected chi connectivity index (χ4v) is 2.65. The molecule has 0 spiro atoms. The van der Waals surface area contributed by atoms with Crippen molar-refractivity contribution in [2.45, 2.75) is 46.6 Å². The predicted octanol–water partition coefficient (Wildman–Crippen LogP) is 6.16. The third-order valence-corrected chi connectivity index (χ3v) is 4.66. The van der Waals surface area contributed by atoms with Crippen LogP contribution in [-0.2, 0) is 13.0 Å². The lowest BCUT2D eigenvalue weighted by atomic mass is 10.0. The van der Waals surface area contributed by atoms with Gasteiger partial charge in [0.25, 0.3) is 0 Å². The minimum absolute atomic E-state index is 0.0254. The maximum Gasteiger partial charge on any atom is 0.200 e. The lowest BCUT2D eigenvalue weighted by Gasteiger charge is -2.10. The van der Waals surface area contributed by atoms with E-state index in [1.807, 2.05) is 13.8 Å². The Morgan fingerprint density at radius 1 is 0.967 bits per heavy atom. The maximum absolute atomic E-state index is 9.18. The van der Waals surface area contributed by atoms with Gasteiger partial charge in [0.15, 0.2) is 17.2 Å². The van der Waals surface area contributed by atoms with Gasteiger partial charge in [-0.15, -0.1) is 6.58 Å². The molecule has 1 unspecified atom stereocenters. The standard InChI is InChI=1S/C16H23N.C10H12O3/c1-12(2)10-15-6-8-16(9-7-15)11-17-14(5)13(3)4;1-3-6(2)7-4-8(11)10(13)9(12)5-7/h6-9,12,17H,3,5,10-11H2,1-2,4H3;3-6,11-13H,1H2,2H3. The summed E-state index contributed by atoms with van der Waals surface area (Å²) in [6.07, 6.45) is 2.83. The average Bonchev–Trinajstić information content (AvgIpc) is 2.70. The minimum Gasteiger partial charge on any atom is -0.504 e. The minimum atomic E-state index is -0.486. The van der Waals surface area contributed by atoms with Gasteiger partial charge < -0.3 is 20.6 Å². The number of phenolic OH excluding ortho intramolecular Hbond substituents is 3. The van der Waals surface area contributed by atoms with Crippen LogP contribution in [0.3, 0.4) is 0 Å². The summed E-state index contributed by atoms with van der Waals surface area (Å²) in [5, 5.41) is 30.7. The van der Waals surface area contributed by atoms with E-state index in [0.717, 1.165) is 24.2 Å². The van der Waals surface area contributed by atoms with Gasteiger partial charge in [0, 0.05) is 12.2 Å². The summed E-state index contributed by atoms with van der Waals surface area (Å²) in [4.78, 5) is 0. The second-order valence-corrected chi connectivity index (χ2v) is 7.96. The van der Waals surface area contributed by atoms with Crippen LogP contribution in [0.2, 0.25) is 0 Å². The molecule has 2 rings (SSSR count). The van der Waals surface area contributed by atoms with E-state index in [1.165, 1.54) is 23.3 Å². The summed E-state index contributed by atoms with van der Waals surface area (Å²) in [7, 11) is 0. The number of rotatable bonds is 8. The third-order valence-electron chi connectivity index (χ3n) is 4.66. The Hall–Kier alpha value is -3.14. The van der Waals surface area contributed by atoms with Crippen molar-refractivity contribution < 1.29 is 15.3 Å². The van der Waals surface area contributed by atoms with E-state index < -0.39 is 5.75 Å². The maximum atomic E-state index is 9.18. The number of aromatic hydroxyl groups is 3. The number of hydrogen-bond acceptors (Lipinski definition) is 4. The van der Waals surface area contributed by atoms with Crippen LogP contribution in [-0.4, -0.2) is 15.3 Å². The normalized spacial score (nSPS) is 11.2. The van der Waals surface area contributed by atoms with Crippen LogP contribution < -0.4 is 5.32 Å². The first-order valence-corrected chi connectivity index (χ1v) is 10.1. The molecule has 30 heavy (non-hydrogen) atoms. The zero-order valence-electron chi connectivity index (χ0n) is 18.6. The molecule has 2 aromatic carbocycles. The number of hydrogen-bond donors (Lipinski definition) is 4. The van der Waals surface area contributed by atoms with Gasteiger partial charge >= 0.3 is 0 Å². The summed E-state index contributed by atoms with van der Waals surface area (Å²) in [5.74, 6) is -0.382. The van der Waals surface area contributed by atoms with Gasteiger partial charge in [-0.3, -0.25) is 0 Å². The predicted molar refractivity (Wildman–Crippen MR) is 126 cm³/mol. The molecule has 4 heteroatoms. The lowest BCUT2D eigenvalue weighted by Crippen LogP contribution is -2.12. The van der Waals surface area contributed by atoms with E-state index in [-0.39, 0.29) is 17.4 Å². The Bertz CT molecular complexity index is 843. The molecule has 4 N–H and O–H groups in total. The fourth-order valence-electron chi connectivity index (χ4n) is 2.65. The highest BCUT2D eigenvalue weighted by Crippen LogP contribution is 2.37. The van der Waals surface area contributed by atoms with Gasteiger partial charge in [0.05, 0.1) is 0 Å². The fraction of sp³-hybridized carbons (Fsp3) is 0.308. The van der Waals surface area contributed by atoms with Crippen LogP contribution in [0.5, 0.6) is 17.2 Å². The molecule has 0 heterocycles. The van der Waals surface area contributed by atoms with Gasteiger partial charge in [0.2, 0.25) is 0 Å². The van der Waals surface area contributed by atoms with Crippen molar-refractivity contribution in [3.05, 3.63) is 90.2 Å². The molecule has 0 radical (unpaired) electrons. The van der Waals surface area contributed by atoms with Crippen LogP contribution in [0.15, 0.2) is 73.5 Å². The van der Waals surface area contributed by atoms with E-state index in [2.05, 4.69) is 63.2 Å². The summed E-state index contributed by atoms with van der Waals surface area (Å²) in [6.45, 7) is 20.5. The Morgan fingerprint density at radius 2 is 1.47 bits per heavy atom. The van der Waals surface area contributed by atoms with Gasteiger partial charge in [0.1, 0.15) is 0 Å². The van der Waals surface area contributed by atoms with Crippen LogP contribution >= 0.6 is 0 Å². The summed E-state index contributed by atoms with van der Waals surface area (Å²) >= 11 is 0. The Kier molecular flexibility index (Phi) is 9.76. The van der Waals surface area contributed by atoms with E-state index in [9.17, 15) is 10.2 Å². The molecule has 0 bridgehead atoms. The first-order chi connectivity index (χ1) is 14.0. The summed E-state index contributed by atoms with van der Waals surface area (Å²) < 4.78 is 0. The molecular formula is C26H35NO3. The number of nitrogens with one attached hydrogen (secondary N) is 1. The SMILES string of the molecule is C=C(C)C(=C)NCc1ccc(CC(C)C)cc1.C=CC(C)c1cc(O)c(O)c(O)c1. The van der Waals surface area contributed by atoms with Gasteiger partial charge in [-0.05, 0) is 59.6 Å². The highest BCUT2D eigenvalue weighted by Gasteiger charge is 2.10. The van der Waals surface area contributed by atoms with Crippen molar-refractivity contribution in [3.63, 3.8) is 0 Å². The van der Waals surface area contributed by atoms with Gasteiger partial charge in [-0.2, -0.15) is 0 Å². The highest BCUT2D eigenvalue weighted by molar-refractivity contribution is 5.52. The number of benzene rings is 2. The molecule has 0 aliphatic rings. The number of allylic oxidation sites excluding steroid dienone is 2. The van der Waals surface area contributed by atoms with Crippen molar-refractivity contribution in [3.8, 4) is 17.2 Å². The first kappa shape index (κ1) is 24.9. The monoisotopic (exact) mass is 409 g/mol. The van der Waals surface area contributed by atoms with Crippen molar-refractivity contribution in [2.75, 3.05) is 0 Å². The Labute approximate surface area is 180 Å². The van der Waals surface area contributed by atoms with Gasteiger partial charge in [-0.1, -0.05) is 64.3 Å². The molecule has 0 aliphatic carbocycles. The molecule has 162 valence electrons. The molecule has 0 aliphatic heterocycles. The second-order valence-electron chi connectivity index (χ2n) is 7.96. The van der Waals surface area contributed by atoms with Crippen molar-refractivity contribution in [1.82, 2.24) is 5.32 Å². The average molecular weight is 410 g/mol. The Morgan fingerprint density at radius 3 is 1.90 bits per heavy atom. The van der Waals surface area contributed by atoms with Crippen LogP contribution in [0.4, 0.5) is 0 Å². The van der Waals surface area contributed by atoms with Crippen molar-refractivity contribution in [1.29, 1.82) is 0 Å². The molecule has 0 amide bonds. The van der Waals surface area contributed by atoms with E-state index in [0.29, 0.717) is 11.5 Å². The van der Waals surface area contributed by atoms with Crippen LogP contribution in [0.1, 0.15) is 50.3 Å². The second kappa shape index (κ2) is 11.8. The molecule has 0 saturated heterocycles. The van der Waals surface area contributed by atoms with Crippen molar-refractivity contribution in [2.24, 2.45) is 5.92 Å². The lowest BCUT2D eigenvalue weighted by molar-refractivity contribution is 0.367. The van der Waals surface area contributed by atoms with Crippen molar-refractivity contribution >= 4 is 0 Å². The molecule has 0 saturated carbocycles. The van der Waals surface area contributed by atoms with Crippen LogP contribution in [0, 0.1) is 5.92 Å². The zero-order chi connectivity index (χ0) is 22.8. The first-order valence-electron chi connectivity index (χ1n) is 10.1. The molecule has 0 fully saturated rings. The molecule has 1 atom stereocenters. The molecule has 4 nitrogen and oxygen atoms in total. The smallest absolute Gasteiger partial charge is 0.200 e. The third kappa shape index (κ3) is 8.08. The van der Waals surface area contributed by atoms with Crippen LogP contribution in [0.25, 0.3) is 0 Å². The summed E-state index contributed by atoms with van der Waals surface area (Å²) in [6, 6.07) is 11.6. The highest BCUT2D eigenvalue weighted by atomic mass is 16.3. The quantitative estimate of drug-likeness (QED) is 0.239. The van der Waals surface area contributed by atoms with E-state index in [4.69, 9.17) is 5.11 Å². The van der Waals surface area contributed by atoms with E-state index >= 15 is 0 Å².